The molecule has 21 heavy (non-hydrogen) atoms. The van der Waals surface area contributed by atoms with E-state index in [1.54, 1.807) is 4.90 Å². The van der Waals surface area contributed by atoms with Gasteiger partial charge in [-0.05, 0) is 13.8 Å². The minimum Gasteiger partial charge on any atom is -0.378 e. The first kappa shape index (κ1) is 15.4. The Balaban J connectivity index is 1.95. The van der Waals surface area contributed by atoms with E-state index in [1.807, 2.05) is 0 Å². The molecule has 8 nitrogen and oxygen atoms in total. The third-order valence-corrected chi connectivity index (χ3v) is 3.73. The van der Waals surface area contributed by atoms with E-state index in [9.17, 15) is 19.2 Å². The molecule has 0 aromatic heterocycles. The molecule has 116 valence electrons. The molecule has 2 aliphatic rings. The zero-order valence-corrected chi connectivity index (χ0v) is 12.2. The number of nitrogens with zero attached hydrogens (tertiary/aromatic N) is 2. The predicted octanol–water partition coefficient (Wildman–Crippen LogP) is -0.660. The van der Waals surface area contributed by atoms with Gasteiger partial charge in [0, 0.05) is 26.1 Å². The molecule has 2 heterocycles. The van der Waals surface area contributed by atoms with Crippen LogP contribution in [0.2, 0.25) is 0 Å². The second kappa shape index (κ2) is 5.80. The highest BCUT2D eigenvalue weighted by atomic mass is 16.5. The minimum atomic E-state index is -1.30. The molecular weight excluding hydrogens is 278 g/mol. The van der Waals surface area contributed by atoms with Crippen molar-refractivity contribution in [2.24, 2.45) is 5.41 Å². The molecule has 2 rings (SSSR count). The summed E-state index contributed by atoms with van der Waals surface area (Å²) < 4.78 is 5.16. The largest absolute Gasteiger partial charge is 0.378 e. The van der Waals surface area contributed by atoms with Crippen molar-refractivity contribution >= 4 is 23.8 Å². The number of hydrogen-bond acceptors (Lipinski definition) is 5. The fraction of sp³-hybridized carbons (Fsp3) is 0.692. The summed E-state index contributed by atoms with van der Waals surface area (Å²) >= 11 is 0. The number of morpholine rings is 1. The summed E-state index contributed by atoms with van der Waals surface area (Å²) in [6, 6.07) is -0.765. The van der Waals surface area contributed by atoms with Crippen LogP contribution in [0.3, 0.4) is 0 Å². The van der Waals surface area contributed by atoms with Crippen LogP contribution in [-0.2, 0) is 19.1 Å². The SMILES string of the molecule is CC1(C)C(=O)NC(=O)N(CCC(=O)N2CCOCC2)C1=O. The Morgan fingerprint density at radius 1 is 1.24 bits per heavy atom. The number of urea groups is 1. The number of carbonyl (C=O) groups is 4. The van der Waals surface area contributed by atoms with Crippen molar-refractivity contribution in [3.63, 3.8) is 0 Å². The predicted molar refractivity (Wildman–Crippen MR) is 71.0 cm³/mol. The average molecular weight is 297 g/mol. The normalized spacial score (nSPS) is 22.3. The van der Waals surface area contributed by atoms with Crippen molar-refractivity contribution in [1.29, 1.82) is 0 Å². The van der Waals surface area contributed by atoms with E-state index < -0.39 is 23.3 Å². The summed E-state index contributed by atoms with van der Waals surface area (Å²) in [5.74, 6) is -1.33. The van der Waals surface area contributed by atoms with Gasteiger partial charge in [0.05, 0.1) is 13.2 Å². The fourth-order valence-corrected chi connectivity index (χ4v) is 2.23. The summed E-state index contributed by atoms with van der Waals surface area (Å²) in [4.78, 5) is 50.1. The van der Waals surface area contributed by atoms with Crippen molar-refractivity contribution in [2.45, 2.75) is 20.3 Å². The molecule has 0 aliphatic carbocycles. The molecular formula is C13H19N3O5. The van der Waals surface area contributed by atoms with E-state index in [-0.39, 0.29) is 18.9 Å². The number of ether oxygens (including phenoxy) is 1. The molecule has 2 saturated heterocycles. The lowest BCUT2D eigenvalue weighted by Crippen LogP contribution is -2.62. The van der Waals surface area contributed by atoms with Gasteiger partial charge in [-0.1, -0.05) is 0 Å². The van der Waals surface area contributed by atoms with Crippen molar-refractivity contribution < 1.29 is 23.9 Å². The zero-order chi connectivity index (χ0) is 15.6. The molecule has 2 aliphatic heterocycles. The molecule has 1 N–H and O–H groups in total. The summed E-state index contributed by atoms with van der Waals surface area (Å²) in [6.45, 7) is 4.90. The topological polar surface area (TPSA) is 96.0 Å². The van der Waals surface area contributed by atoms with E-state index in [4.69, 9.17) is 4.74 Å². The summed E-state index contributed by atoms with van der Waals surface area (Å²) in [5, 5.41) is 2.14. The third kappa shape index (κ3) is 3.05. The Morgan fingerprint density at radius 2 is 1.86 bits per heavy atom. The molecule has 0 aromatic rings. The van der Waals surface area contributed by atoms with Gasteiger partial charge in [-0.2, -0.15) is 0 Å². The smallest absolute Gasteiger partial charge is 0.330 e. The molecule has 8 heteroatoms. The summed E-state index contributed by atoms with van der Waals surface area (Å²) in [6.07, 6.45) is 0.0451. The van der Waals surface area contributed by atoms with E-state index in [2.05, 4.69) is 5.32 Å². The van der Waals surface area contributed by atoms with Gasteiger partial charge in [0.2, 0.25) is 17.7 Å². The van der Waals surface area contributed by atoms with Gasteiger partial charge in [0.15, 0.2) is 0 Å². The Labute approximate surface area is 122 Å². The molecule has 0 unspecified atom stereocenters. The van der Waals surface area contributed by atoms with Gasteiger partial charge in [-0.3, -0.25) is 24.6 Å². The first-order valence-electron chi connectivity index (χ1n) is 6.87. The standard InChI is InChI=1S/C13H19N3O5/c1-13(2)10(18)14-12(20)16(11(13)19)4-3-9(17)15-5-7-21-8-6-15/h3-8H2,1-2H3,(H,14,18,20). The lowest BCUT2D eigenvalue weighted by Gasteiger charge is -2.35. The van der Waals surface area contributed by atoms with Gasteiger partial charge in [0.1, 0.15) is 5.41 Å². The number of rotatable bonds is 3. The number of imide groups is 2. The van der Waals surface area contributed by atoms with Crippen LogP contribution in [-0.4, -0.2) is 66.4 Å². The molecule has 0 spiro atoms. The second-order valence-electron chi connectivity index (χ2n) is 5.58. The molecule has 0 atom stereocenters. The van der Waals surface area contributed by atoms with Gasteiger partial charge < -0.3 is 9.64 Å². The van der Waals surface area contributed by atoms with E-state index in [0.29, 0.717) is 26.3 Å². The van der Waals surface area contributed by atoms with Crippen LogP contribution in [0.25, 0.3) is 0 Å². The maximum atomic E-state index is 12.2. The van der Waals surface area contributed by atoms with Crippen LogP contribution in [0.15, 0.2) is 0 Å². The number of barbiturate groups is 1. The Kier molecular flexibility index (Phi) is 4.26. The Bertz CT molecular complexity index is 482. The van der Waals surface area contributed by atoms with Gasteiger partial charge in [-0.25, -0.2) is 4.79 Å². The first-order valence-corrected chi connectivity index (χ1v) is 6.87. The van der Waals surface area contributed by atoms with Crippen LogP contribution < -0.4 is 5.32 Å². The maximum absolute atomic E-state index is 12.2. The van der Waals surface area contributed by atoms with Crippen LogP contribution in [0.4, 0.5) is 4.79 Å². The van der Waals surface area contributed by atoms with Gasteiger partial charge in [0.25, 0.3) is 0 Å². The zero-order valence-electron chi connectivity index (χ0n) is 12.2. The van der Waals surface area contributed by atoms with Crippen molar-refractivity contribution in [1.82, 2.24) is 15.1 Å². The average Bonchev–Trinajstić information content (AvgIpc) is 2.46. The fourth-order valence-electron chi connectivity index (χ4n) is 2.23. The van der Waals surface area contributed by atoms with Crippen LogP contribution in [0.5, 0.6) is 0 Å². The van der Waals surface area contributed by atoms with Crippen molar-refractivity contribution in [2.75, 3.05) is 32.8 Å². The van der Waals surface area contributed by atoms with Gasteiger partial charge in [-0.15, -0.1) is 0 Å². The van der Waals surface area contributed by atoms with Crippen molar-refractivity contribution in [3.8, 4) is 0 Å². The van der Waals surface area contributed by atoms with E-state index >= 15 is 0 Å². The number of hydrogen-bond donors (Lipinski definition) is 1. The first-order chi connectivity index (χ1) is 9.84. The monoisotopic (exact) mass is 297 g/mol. The third-order valence-electron chi connectivity index (χ3n) is 3.73. The summed E-state index contributed by atoms with van der Waals surface area (Å²) in [7, 11) is 0. The molecule has 2 fully saturated rings. The Morgan fingerprint density at radius 3 is 2.48 bits per heavy atom. The highest BCUT2D eigenvalue weighted by molar-refractivity contribution is 6.18. The quantitative estimate of drug-likeness (QED) is 0.698. The highest BCUT2D eigenvalue weighted by Gasteiger charge is 2.46. The maximum Gasteiger partial charge on any atom is 0.330 e. The van der Waals surface area contributed by atoms with E-state index in [1.165, 1.54) is 13.8 Å². The van der Waals surface area contributed by atoms with Crippen molar-refractivity contribution in [3.05, 3.63) is 0 Å². The number of carbonyl (C=O) groups excluding carboxylic acids is 4. The number of amides is 5. The highest BCUT2D eigenvalue weighted by Crippen LogP contribution is 2.23. The summed E-state index contributed by atoms with van der Waals surface area (Å²) in [5.41, 5.74) is -1.30. The van der Waals surface area contributed by atoms with Gasteiger partial charge >= 0.3 is 6.03 Å². The lowest BCUT2D eigenvalue weighted by molar-refractivity contribution is -0.149. The molecule has 0 radical (unpaired) electrons. The lowest BCUT2D eigenvalue weighted by atomic mass is 9.89. The second-order valence-corrected chi connectivity index (χ2v) is 5.58. The number of nitrogens with one attached hydrogen (secondary N) is 1. The molecule has 5 amide bonds. The molecule has 0 aromatic carbocycles. The van der Waals surface area contributed by atoms with Crippen LogP contribution in [0, 0.1) is 5.41 Å². The Hall–Kier alpha value is -1.96. The van der Waals surface area contributed by atoms with Crippen LogP contribution in [0.1, 0.15) is 20.3 Å². The van der Waals surface area contributed by atoms with E-state index in [0.717, 1.165) is 4.90 Å². The molecule has 0 saturated carbocycles. The molecule has 0 bridgehead atoms. The minimum absolute atomic E-state index is 0.0302. The van der Waals surface area contributed by atoms with Crippen LogP contribution >= 0.6 is 0 Å².